The van der Waals surface area contributed by atoms with Crippen molar-refractivity contribution < 1.29 is 14.7 Å². The van der Waals surface area contributed by atoms with Crippen LogP contribution < -0.4 is 5.32 Å². The van der Waals surface area contributed by atoms with Gasteiger partial charge in [0.25, 0.3) is 5.91 Å². The first-order valence-corrected chi connectivity index (χ1v) is 16.7. The summed E-state index contributed by atoms with van der Waals surface area (Å²) in [5.74, 6) is 1.79. The van der Waals surface area contributed by atoms with E-state index in [1.807, 2.05) is 6.92 Å². The number of pyridine rings is 1. The van der Waals surface area contributed by atoms with Crippen molar-refractivity contribution in [1.82, 2.24) is 10.3 Å². The zero-order valence-electron chi connectivity index (χ0n) is 27.6. The molecule has 0 bridgehead atoms. The number of rotatable bonds is 3. The van der Waals surface area contributed by atoms with Crippen molar-refractivity contribution in [2.75, 3.05) is 0 Å². The first kappa shape index (κ1) is 30.0. The Hall–Kier alpha value is -2.01. The monoisotopic (exact) mass is 574 g/mol. The van der Waals surface area contributed by atoms with Gasteiger partial charge < -0.3 is 10.4 Å². The van der Waals surface area contributed by atoms with Crippen LogP contribution >= 0.6 is 0 Å². The van der Waals surface area contributed by atoms with Gasteiger partial charge in [0.05, 0.1) is 5.56 Å². The highest BCUT2D eigenvalue weighted by molar-refractivity contribution is 6.00. The number of allylic oxidation sites excluding steroid dienone is 2. The average Bonchev–Trinajstić information content (AvgIpc) is 3.18. The lowest BCUT2D eigenvalue weighted by atomic mass is 9.32. The molecule has 1 aromatic rings. The van der Waals surface area contributed by atoms with Crippen molar-refractivity contribution in [3.05, 3.63) is 40.7 Å². The minimum atomic E-state index is -1.28. The van der Waals surface area contributed by atoms with Crippen molar-refractivity contribution >= 4 is 11.7 Å². The molecule has 0 spiro atoms. The summed E-state index contributed by atoms with van der Waals surface area (Å²) in [7, 11) is 0. The zero-order chi connectivity index (χ0) is 30.7. The fourth-order valence-electron chi connectivity index (χ4n) is 12.0. The molecule has 5 heteroatoms. The van der Waals surface area contributed by atoms with Gasteiger partial charge in [0.15, 0.2) is 5.78 Å². The number of nitrogens with one attached hydrogen (secondary N) is 1. The van der Waals surface area contributed by atoms with Gasteiger partial charge in [0, 0.05) is 23.7 Å². The number of carbonyl (C=O) groups is 2. The van der Waals surface area contributed by atoms with E-state index in [0.29, 0.717) is 47.6 Å². The van der Waals surface area contributed by atoms with Crippen molar-refractivity contribution in [3.8, 4) is 0 Å². The van der Waals surface area contributed by atoms with E-state index in [0.717, 1.165) is 32.1 Å². The van der Waals surface area contributed by atoms with Gasteiger partial charge in [-0.15, -0.1) is 0 Å². The van der Waals surface area contributed by atoms with Gasteiger partial charge in [-0.05, 0) is 121 Å². The first-order valence-electron chi connectivity index (χ1n) is 16.7. The minimum absolute atomic E-state index is 0.0410. The number of aryl methyl sites for hydroxylation is 1. The van der Waals surface area contributed by atoms with Crippen LogP contribution in [0, 0.1) is 57.7 Å². The van der Waals surface area contributed by atoms with E-state index in [4.69, 9.17) is 0 Å². The van der Waals surface area contributed by atoms with Gasteiger partial charge in [-0.2, -0.15) is 0 Å². The van der Waals surface area contributed by atoms with E-state index in [1.165, 1.54) is 24.0 Å². The maximum Gasteiger partial charge on any atom is 0.255 e. The summed E-state index contributed by atoms with van der Waals surface area (Å²) < 4.78 is 0. The van der Waals surface area contributed by atoms with Crippen molar-refractivity contribution in [2.45, 2.75) is 126 Å². The Morgan fingerprint density at radius 1 is 0.952 bits per heavy atom. The molecule has 42 heavy (non-hydrogen) atoms. The lowest BCUT2D eigenvalue weighted by Crippen LogP contribution is -2.71. The molecule has 5 aliphatic rings. The second-order valence-corrected chi connectivity index (χ2v) is 16.9. The number of fused-ring (bicyclic) bond motifs is 7. The number of ketones is 1. The highest BCUT2D eigenvalue weighted by atomic mass is 16.3. The fraction of sp³-hybridized carbons (Fsp3) is 0.757. The molecule has 0 radical (unpaired) electrons. The minimum Gasteiger partial charge on any atom is -0.370 e. The molecular weight excluding hydrogens is 520 g/mol. The van der Waals surface area contributed by atoms with Gasteiger partial charge in [-0.1, -0.05) is 61.0 Å². The summed E-state index contributed by atoms with van der Waals surface area (Å²) in [5.41, 5.74) is 2.60. The van der Waals surface area contributed by atoms with Crippen LogP contribution in [0.25, 0.3) is 0 Å². The molecule has 1 amide bonds. The van der Waals surface area contributed by atoms with E-state index in [2.05, 4.69) is 65.7 Å². The molecule has 230 valence electrons. The molecule has 4 saturated carbocycles. The Labute approximate surface area is 253 Å². The van der Waals surface area contributed by atoms with Crippen molar-refractivity contribution in [1.29, 1.82) is 0 Å². The number of hydrogen-bond donors (Lipinski definition) is 2. The van der Waals surface area contributed by atoms with Crippen LogP contribution in [0.2, 0.25) is 0 Å². The standard InChI is InChI=1S/C37H54N2O3/c1-22(2)29-26(40)21-33(6)16-18-35(8)25(30(29)33)12-13-28-34(7)17-19-37(42,32(4,5)27(34)14-15-36(28,35)9)39-31(41)24-11-10-20-38-23(24)3/h10-11,20,22,25,27-28,42H,12-19,21H2,1-9H3,(H,39,41)/t25-,27+,28-,33+,34+,35-,36-,37+/m1/s1. The zero-order valence-corrected chi connectivity index (χ0v) is 27.6. The van der Waals surface area contributed by atoms with Crippen LogP contribution in [0.1, 0.15) is 129 Å². The molecule has 0 aliphatic heterocycles. The quantitative estimate of drug-likeness (QED) is 0.361. The molecule has 0 saturated heterocycles. The topological polar surface area (TPSA) is 79.3 Å². The fourth-order valence-corrected chi connectivity index (χ4v) is 12.0. The molecule has 8 atom stereocenters. The maximum absolute atomic E-state index is 13.4. The molecular formula is C37H54N2O3. The van der Waals surface area contributed by atoms with Crippen LogP contribution in [-0.2, 0) is 4.79 Å². The number of hydrogen-bond acceptors (Lipinski definition) is 4. The SMILES string of the molecule is Cc1ncccc1C(=O)N[C@]1(O)CC[C@]2(C)[C@H]3CC[C@@H]4C5=C(C(C)C)C(=O)C[C@]5(C)CC[C@@]4(C)[C@]3(C)CC[C@H]2C1(C)C. The van der Waals surface area contributed by atoms with Crippen LogP contribution in [0.3, 0.4) is 0 Å². The van der Waals surface area contributed by atoms with Gasteiger partial charge in [0.2, 0.25) is 0 Å². The van der Waals surface area contributed by atoms with Gasteiger partial charge >= 0.3 is 0 Å². The normalized spacial score (nSPS) is 44.3. The smallest absolute Gasteiger partial charge is 0.255 e. The molecule has 0 unspecified atom stereocenters. The lowest BCUT2D eigenvalue weighted by molar-refractivity contribution is -0.256. The van der Waals surface area contributed by atoms with E-state index in [-0.39, 0.29) is 33.5 Å². The molecule has 6 rings (SSSR count). The number of aliphatic hydroxyl groups is 1. The second-order valence-electron chi connectivity index (χ2n) is 16.9. The number of amides is 1. The third-order valence-electron chi connectivity index (χ3n) is 14.6. The number of nitrogens with zero attached hydrogens (tertiary/aromatic N) is 1. The first-order chi connectivity index (χ1) is 19.5. The molecule has 0 aromatic carbocycles. The Morgan fingerprint density at radius 3 is 2.33 bits per heavy atom. The molecule has 5 aliphatic carbocycles. The Bertz CT molecular complexity index is 1360. The van der Waals surface area contributed by atoms with Gasteiger partial charge in [0.1, 0.15) is 5.72 Å². The average molecular weight is 575 g/mol. The predicted molar refractivity (Wildman–Crippen MR) is 166 cm³/mol. The van der Waals surface area contributed by atoms with Gasteiger partial charge in [-0.25, -0.2) is 0 Å². The summed E-state index contributed by atoms with van der Waals surface area (Å²) >= 11 is 0. The summed E-state index contributed by atoms with van der Waals surface area (Å²) in [6.07, 6.45) is 10.7. The van der Waals surface area contributed by atoms with E-state index in [1.54, 1.807) is 18.3 Å². The summed E-state index contributed by atoms with van der Waals surface area (Å²) in [6.45, 7) is 20.7. The second kappa shape index (κ2) is 9.25. The number of aromatic nitrogens is 1. The lowest BCUT2D eigenvalue weighted by Gasteiger charge is -2.73. The number of carbonyl (C=O) groups excluding carboxylic acids is 2. The van der Waals surface area contributed by atoms with E-state index < -0.39 is 11.1 Å². The largest absolute Gasteiger partial charge is 0.370 e. The summed E-state index contributed by atoms with van der Waals surface area (Å²) in [4.78, 5) is 31.1. The van der Waals surface area contributed by atoms with E-state index in [9.17, 15) is 14.7 Å². The van der Waals surface area contributed by atoms with Crippen LogP contribution in [0.5, 0.6) is 0 Å². The highest BCUT2D eigenvalue weighted by Gasteiger charge is 2.71. The van der Waals surface area contributed by atoms with Gasteiger partial charge in [-0.3, -0.25) is 14.6 Å². The molecule has 1 heterocycles. The molecule has 4 fully saturated rings. The van der Waals surface area contributed by atoms with Crippen LogP contribution in [0.4, 0.5) is 0 Å². The van der Waals surface area contributed by atoms with Crippen LogP contribution in [0.15, 0.2) is 29.5 Å². The van der Waals surface area contributed by atoms with Crippen molar-refractivity contribution in [3.63, 3.8) is 0 Å². The summed E-state index contributed by atoms with van der Waals surface area (Å²) in [6, 6.07) is 3.57. The predicted octanol–water partition coefficient (Wildman–Crippen LogP) is 7.81. The molecule has 2 N–H and O–H groups in total. The summed E-state index contributed by atoms with van der Waals surface area (Å²) in [5, 5.41) is 15.3. The van der Waals surface area contributed by atoms with Crippen molar-refractivity contribution in [2.24, 2.45) is 50.7 Å². The molecule has 1 aromatic heterocycles. The molecule has 5 nitrogen and oxygen atoms in total. The Balaban J connectivity index is 1.33. The van der Waals surface area contributed by atoms with Crippen LogP contribution in [-0.4, -0.2) is 27.5 Å². The Morgan fingerprint density at radius 2 is 1.67 bits per heavy atom. The maximum atomic E-state index is 13.4. The third kappa shape index (κ3) is 3.73. The van der Waals surface area contributed by atoms with E-state index >= 15 is 0 Å². The number of Topliss-reactive ketones (excluding diaryl/α,β-unsaturated/α-hetero) is 1. The Kier molecular flexibility index (Phi) is 6.62. The highest BCUT2D eigenvalue weighted by Crippen LogP contribution is 2.77. The third-order valence-corrected chi connectivity index (χ3v) is 14.6.